The predicted octanol–water partition coefficient (Wildman–Crippen LogP) is -0.101. The molecular weight excluding hydrogens is 254 g/mol. The highest BCUT2D eigenvalue weighted by Crippen LogP contribution is 2.16. The van der Waals surface area contributed by atoms with Gasteiger partial charge in [-0.05, 0) is 23.6 Å². The molecule has 18 heavy (non-hydrogen) atoms. The lowest BCUT2D eigenvalue weighted by Gasteiger charge is -2.09. The third-order valence-electron chi connectivity index (χ3n) is 2.20. The lowest BCUT2D eigenvalue weighted by molar-refractivity contribution is -0.122. The number of rotatable bonds is 5. The van der Waals surface area contributed by atoms with E-state index in [-0.39, 0.29) is 25.1 Å². The molecule has 2 aromatic rings. The number of tetrazole rings is 1. The minimum Gasteiger partial charge on any atom is -0.394 e. The van der Waals surface area contributed by atoms with Gasteiger partial charge in [0.15, 0.2) is 0 Å². The van der Waals surface area contributed by atoms with Crippen LogP contribution >= 0.6 is 11.3 Å². The third kappa shape index (κ3) is 3.11. The first kappa shape index (κ1) is 12.7. The summed E-state index contributed by atoms with van der Waals surface area (Å²) in [5.41, 5.74) is 0.885. The average Bonchev–Trinajstić information content (AvgIpc) is 2.98. The van der Waals surface area contributed by atoms with E-state index in [0.717, 1.165) is 5.56 Å². The number of hydrogen-bond donors (Lipinski definition) is 2. The zero-order chi connectivity index (χ0) is 13.0. The highest BCUT2D eigenvalue weighted by atomic mass is 32.1. The number of aliphatic hydroxyl groups excluding tert-OH is 1. The van der Waals surface area contributed by atoms with Crippen LogP contribution in [0.4, 0.5) is 0 Å². The Bertz CT molecular complexity index is 510. The Morgan fingerprint density at radius 2 is 2.50 bits per heavy atom. The molecule has 2 aromatic heterocycles. The van der Waals surface area contributed by atoms with Crippen LogP contribution < -0.4 is 5.32 Å². The van der Waals surface area contributed by atoms with Crippen molar-refractivity contribution in [3.8, 4) is 11.4 Å². The molecule has 0 spiro atoms. The van der Waals surface area contributed by atoms with Gasteiger partial charge in [0.2, 0.25) is 11.7 Å². The number of thiophene rings is 1. The Kier molecular flexibility index (Phi) is 4.00. The van der Waals surface area contributed by atoms with E-state index in [4.69, 9.17) is 5.11 Å². The fourth-order valence-corrected chi connectivity index (χ4v) is 1.95. The van der Waals surface area contributed by atoms with Crippen LogP contribution in [0.3, 0.4) is 0 Å². The van der Waals surface area contributed by atoms with Crippen LogP contribution in [0.1, 0.15) is 6.92 Å². The summed E-state index contributed by atoms with van der Waals surface area (Å²) in [5.74, 6) is 0.241. The molecule has 0 aromatic carbocycles. The van der Waals surface area contributed by atoms with Gasteiger partial charge in [-0.25, -0.2) is 0 Å². The number of aromatic nitrogens is 4. The lowest BCUT2D eigenvalue weighted by Crippen LogP contribution is -2.37. The van der Waals surface area contributed by atoms with Gasteiger partial charge in [-0.15, -0.1) is 10.2 Å². The average molecular weight is 267 g/mol. The normalized spacial score (nSPS) is 12.3. The quantitative estimate of drug-likeness (QED) is 0.789. The molecule has 2 rings (SSSR count). The summed E-state index contributed by atoms with van der Waals surface area (Å²) in [6.07, 6.45) is 0. The van der Waals surface area contributed by atoms with Crippen molar-refractivity contribution in [2.75, 3.05) is 6.61 Å². The fourth-order valence-electron chi connectivity index (χ4n) is 1.31. The van der Waals surface area contributed by atoms with E-state index >= 15 is 0 Å². The van der Waals surface area contributed by atoms with Crippen molar-refractivity contribution in [2.45, 2.75) is 19.5 Å². The second-order valence-corrected chi connectivity index (χ2v) is 4.59. The first-order chi connectivity index (χ1) is 8.69. The van der Waals surface area contributed by atoms with E-state index < -0.39 is 0 Å². The van der Waals surface area contributed by atoms with Gasteiger partial charge < -0.3 is 10.4 Å². The summed E-state index contributed by atoms with van der Waals surface area (Å²) < 4.78 is 0. The molecule has 0 radical (unpaired) electrons. The number of amides is 1. The standard InChI is InChI=1S/C10H13N5O2S/c1-7(5-16)11-9(17)4-15-13-10(12-14-15)8-2-3-18-6-8/h2-3,6-7,16H,4-5H2,1H3,(H,11,17)/t7-/m1/s1. The molecule has 0 saturated heterocycles. The van der Waals surface area contributed by atoms with Crippen molar-refractivity contribution in [3.05, 3.63) is 16.8 Å². The molecule has 0 bridgehead atoms. The van der Waals surface area contributed by atoms with Gasteiger partial charge in [-0.2, -0.15) is 16.1 Å². The summed E-state index contributed by atoms with van der Waals surface area (Å²) in [7, 11) is 0. The molecule has 8 heteroatoms. The van der Waals surface area contributed by atoms with E-state index in [1.807, 2.05) is 16.8 Å². The number of carbonyl (C=O) groups excluding carboxylic acids is 1. The molecule has 0 fully saturated rings. The first-order valence-corrected chi connectivity index (χ1v) is 6.34. The Labute approximate surface area is 107 Å². The molecule has 2 N–H and O–H groups in total. The maximum atomic E-state index is 11.5. The molecule has 0 saturated carbocycles. The molecule has 1 amide bonds. The van der Waals surface area contributed by atoms with Crippen LogP contribution in [0, 0.1) is 0 Å². The highest BCUT2D eigenvalue weighted by Gasteiger charge is 2.11. The van der Waals surface area contributed by atoms with Crippen LogP contribution in [-0.4, -0.2) is 43.9 Å². The lowest BCUT2D eigenvalue weighted by atomic mass is 10.3. The number of nitrogens with one attached hydrogen (secondary N) is 1. The molecule has 1 atom stereocenters. The van der Waals surface area contributed by atoms with Crippen molar-refractivity contribution in [3.63, 3.8) is 0 Å². The van der Waals surface area contributed by atoms with Crippen LogP contribution in [0.15, 0.2) is 16.8 Å². The Balaban J connectivity index is 1.97. The fraction of sp³-hybridized carbons (Fsp3) is 0.400. The molecule has 0 aliphatic rings. The van der Waals surface area contributed by atoms with E-state index in [1.165, 1.54) is 4.80 Å². The number of aliphatic hydroxyl groups is 1. The predicted molar refractivity (Wildman–Crippen MR) is 65.8 cm³/mol. The van der Waals surface area contributed by atoms with Crippen molar-refractivity contribution in [1.29, 1.82) is 0 Å². The Morgan fingerprint density at radius 3 is 3.17 bits per heavy atom. The maximum absolute atomic E-state index is 11.5. The topological polar surface area (TPSA) is 92.9 Å². The van der Waals surface area contributed by atoms with Crippen molar-refractivity contribution >= 4 is 17.2 Å². The van der Waals surface area contributed by atoms with Crippen molar-refractivity contribution in [2.24, 2.45) is 0 Å². The molecule has 2 heterocycles. The zero-order valence-electron chi connectivity index (χ0n) is 9.78. The number of hydrogen-bond acceptors (Lipinski definition) is 6. The first-order valence-electron chi connectivity index (χ1n) is 5.39. The van der Waals surface area contributed by atoms with E-state index in [2.05, 4.69) is 20.7 Å². The van der Waals surface area contributed by atoms with Gasteiger partial charge in [0.25, 0.3) is 0 Å². The third-order valence-corrected chi connectivity index (χ3v) is 2.88. The largest absolute Gasteiger partial charge is 0.394 e. The van der Waals surface area contributed by atoms with E-state index in [0.29, 0.717) is 5.82 Å². The summed E-state index contributed by atoms with van der Waals surface area (Å²) in [4.78, 5) is 12.8. The van der Waals surface area contributed by atoms with Crippen molar-refractivity contribution < 1.29 is 9.90 Å². The van der Waals surface area contributed by atoms with Crippen LogP contribution in [-0.2, 0) is 11.3 Å². The van der Waals surface area contributed by atoms with Crippen LogP contribution in [0.2, 0.25) is 0 Å². The van der Waals surface area contributed by atoms with Gasteiger partial charge in [0.1, 0.15) is 6.54 Å². The summed E-state index contributed by atoms with van der Waals surface area (Å²) in [5, 5.41) is 27.0. The van der Waals surface area contributed by atoms with Gasteiger partial charge in [-0.3, -0.25) is 4.79 Å². The molecule has 0 aliphatic heterocycles. The summed E-state index contributed by atoms with van der Waals surface area (Å²) in [6.45, 7) is 1.60. The maximum Gasteiger partial charge on any atom is 0.243 e. The molecule has 96 valence electrons. The van der Waals surface area contributed by atoms with E-state index in [9.17, 15) is 4.79 Å². The smallest absolute Gasteiger partial charge is 0.243 e. The molecule has 0 unspecified atom stereocenters. The van der Waals surface area contributed by atoms with Crippen molar-refractivity contribution in [1.82, 2.24) is 25.5 Å². The summed E-state index contributed by atoms with van der Waals surface area (Å²) >= 11 is 1.54. The van der Waals surface area contributed by atoms with Crippen LogP contribution in [0.5, 0.6) is 0 Å². The molecule has 0 aliphatic carbocycles. The van der Waals surface area contributed by atoms with E-state index in [1.54, 1.807) is 18.3 Å². The molecular formula is C10H13N5O2S. The van der Waals surface area contributed by atoms with Gasteiger partial charge in [0, 0.05) is 17.0 Å². The minimum absolute atomic E-state index is 0.0124. The number of carbonyl (C=O) groups is 1. The molecule has 7 nitrogen and oxygen atoms in total. The van der Waals surface area contributed by atoms with Crippen LogP contribution in [0.25, 0.3) is 11.4 Å². The monoisotopic (exact) mass is 267 g/mol. The van der Waals surface area contributed by atoms with Gasteiger partial charge in [-0.1, -0.05) is 0 Å². The van der Waals surface area contributed by atoms with Gasteiger partial charge in [0.05, 0.1) is 6.61 Å². The Morgan fingerprint density at radius 1 is 1.67 bits per heavy atom. The second kappa shape index (κ2) is 5.69. The summed E-state index contributed by atoms with van der Waals surface area (Å²) in [6, 6.07) is 1.61. The zero-order valence-corrected chi connectivity index (χ0v) is 10.6. The minimum atomic E-state index is -0.280. The second-order valence-electron chi connectivity index (χ2n) is 3.81. The Hall–Kier alpha value is -1.80. The number of nitrogens with zero attached hydrogens (tertiary/aromatic N) is 4. The SMILES string of the molecule is C[C@H](CO)NC(=O)Cn1nnc(-c2ccsc2)n1. The van der Waals surface area contributed by atoms with Gasteiger partial charge >= 0.3 is 0 Å². The highest BCUT2D eigenvalue weighted by molar-refractivity contribution is 7.08.